The van der Waals surface area contributed by atoms with Gasteiger partial charge >= 0.3 is 5.79 Å². The maximum Gasteiger partial charge on any atom is 0.579 e. The number of aliphatic hydroxyl groups is 1. The van der Waals surface area contributed by atoms with E-state index < -0.39 is 28.4 Å². The highest BCUT2D eigenvalue weighted by atomic mass is 16.7. The van der Waals surface area contributed by atoms with Crippen molar-refractivity contribution < 1.29 is 15.0 Å². The van der Waals surface area contributed by atoms with E-state index in [1.807, 2.05) is 0 Å². The molecule has 2 N–H and O–H groups in total. The second kappa shape index (κ2) is 3.18. The van der Waals surface area contributed by atoms with Crippen LogP contribution in [-0.4, -0.2) is 38.5 Å². The fourth-order valence-corrected chi connectivity index (χ4v) is 1.44. The third kappa shape index (κ3) is 1.15. The maximum absolute atomic E-state index is 10.8. The highest BCUT2D eigenvalue weighted by molar-refractivity contribution is 5.10. The van der Waals surface area contributed by atoms with E-state index in [1.54, 1.807) is 0 Å². The number of nitrogens with zero attached hydrogens (tertiary/aromatic N) is 5. The zero-order chi connectivity index (χ0) is 11.9. The Labute approximate surface area is 87.3 Å². The van der Waals surface area contributed by atoms with E-state index in [9.17, 15) is 25.3 Å². The van der Waals surface area contributed by atoms with Crippen molar-refractivity contribution in [3.8, 4) is 0 Å². The number of aliphatic hydroxyl groups excluding tert-OH is 1. The summed E-state index contributed by atoms with van der Waals surface area (Å²) in [5.41, 5.74) is 2.17. The van der Waals surface area contributed by atoms with Gasteiger partial charge in [-0.05, 0) is 0 Å². The van der Waals surface area contributed by atoms with Crippen LogP contribution >= 0.6 is 0 Å². The molecule has 0 radical (unpaired) electrons. The Morgan fingerprint density at radius 2 is 2.19 bits per heavy atom. The maximum atomic E-state index is 10.8. The summed E-state index contributed by atoms with van der Waals surface area (Å²) in [5.74, 6) is -2.81. The molecule has 0 aromatic carbocycles. The molecule has 0 spiro atoms. The normalized spacial score (nSPS) is 26.2. The van der Waals surface area contributed by atoms with Crippen molar-refractivity contribution in [3.63, 3.8) is 0 Å². The highest BCUT2D eigenvalue weighted by Crippen LogP contribution is 2.29. The minimum atomic E-state index is -2.66. The molecule has 0 aliphatic carbocycles. The molecule has 11 nitrogen and oxygen atoms in total. The average molecular weight is 230 g/mol. The molecule has 0 saturated heterocycles. The van der Waals surface area contributed by atoms with Crippen molar-refractivity contribution in [2.24, 2.45) is 10.2 Å². The first-order valence-corrected chi connectivity index (χ1v) is 4.11. The monoisotopic (exact) mass is 230 g/mol. The lowest BCUT2D eigenvalue weighted by Gasteiger charge is -2.28. The second-order valence-electron chi connectivity index (χ2n) is 3.12. The summed E-state index contributed by atoms with van der Waals surface area (Å²) in [6.45, 7) is -0.732. The summed E-state index contributed by atoms with van der Waals surface area (Å²) < 4.78 is 0. The van der Waals surface area contributed by atoms with Gasteiger partial charge in [-0.25, -0.2) is 0 Å². The standard InChI is InChI=1S/C5H6N6O5/c12-4-1-3-7-6-2-5(10(13)14,11(15)16)9(3)8-4/h1,4,8,12H,2H2. The molecule has 0 fully saturated rings. The molecule has 0 amide bonds. The molecule has 2 aliphatic heterocycles. The Balaban J connectivity index is 2.49. The Morgan fingerprint density at radius 3 is 2.75 bits per heavy atom. The molecule has 86 valence electrons. The second-order valence-corrected chi connectivity index (χ2v) is 3.12. The molecule has 1 atom stereocenters. The van der Waals surface area contributed by atoms with Crippen LogP contribution in [0.3, 0.4) is 0 Å². The average Bonchev–Trinajstić information content (AvgIpc) is 2.56. The molecular weight excluding hydrogens is 224 g/mol. The van der Waals surface area contributed by atoms with Crippen molar-refractivity contribution in [1.82, 2.24) is 10.4 Å². The van der Waals surface area contributed by atoms with Crippen LogP contribution in [0.5, 0.6) is 0 Å². The predicted molar refractivity (Wildman–Crippen MR) is 45.5 cm³/mol. The lowest BCUT2D eigenvalue weighted by molar-refractivity contribution is -0.823. The summed E-state index contributed by atoms with van der Waals surface area (Å²) in [6, 6.07) is 0. The van der Waals surface area contributed by atoms with E-state index in [4.69, 9.17) is 0 Å². The van der Waals surface area contributed by atoms with Crippen molar-refractivity contribution in [2.45, 2.75) is 12.0 Å². The van der Waals surface area contributed by atoms with Crippen LogP contribution in [0, 0.1) is 20.2 Å². The first kappa shape index (κ1) is 10.4. The number of hydrazine groups is 1. The molecule has 0 aromatic heterocycles. The van der Waals surface area contributed by atoms with Gasteiger partial charge in [0.25, 0.3) is 0 Å². The van der Waals surface area contributed by atoms with Gasteiger partial charge in [0.05, 0.1) is 0 Å². The number of nitro groups is 2. The molecule has 2 aliphatic rings. The number of hydrogen-bond acceptors (Lipinski definition) is 9. The number of fused-ring (bicyclic) bond motifs is 1. The smallest absolute Gasteiger partial charge is 0.373 e. The first-order chi connectivity index (χ1) is 7.48. The topological polar surface area (TPSA) is 146 Å². The van der Waals surface area contributed by atoms with Crippen LogP contribution in [0.15, 0.2) is 22.1 Å². The third-order valence-electron chi connectivity index (χ3n) is 2.20. The van der Waals surface area contributed by atoms with Crippen molar-refractivity contribution in [3.05, 3.63) is 32.1 Å². The molecule has 0 saturated carbocycles. The minimum Gasteiger partial charge on any atom is -0.373 e. The number of rotatable bonds is 2. The zero-order valence-corrected chi connectivity index (χ0v) is 7.68. The third-order valence-corrected chi connectivity index (χ3v) is 2.20. The van der Waals surface area contributed by atoms with E-state index in [0.29, 0.717) is 5.01 Å². The Hall–Kier alpha value is -2.14. The summed E-state index contributed by atoms with van der Waals surface area (Å²) in [5, 5.41) is 38.3. The predicted octanol–water partition coefficient (Wildman–Crippen LogP) is -1.36. The van der Waals surface area contributed by atoms with Crippen LogP contribution in [-0.2, 0) is 0 Å². The van der Waals surface area contributed by atoms with Gasteiger partial charge in [-0.3, -0.25) is 20.2 Å². The molecule has 0 aromatic rings. The van der Waals surface area contributed by atoms with Gasteiger partial charge in [-0.2, -0.15) is 15.5 Å². The van der Waals surface area contributed by atoms with Crippen LogP contribution in [0.25, 0.3) is 0 Å². The van der Waals surface area contributed by atoms with Gasteiger partial charge in [-0.1, -0.05) is 0 Å². The molecule has 11 heteroatoms. The van der Waals surface area contributed by atoms with E-state index in [1.165, 1.54) is 0 Å². The van der Waals surface area contributed by atoms with Crippen LogP contribution in [0.2, 0.25) is 0 Å². The van der Waals surface area contributed by atoms with Gasteiger partial charge in [0.2, 0.25) is 6.54 Å². The number of hydrogen-bond donors (Lipinski definition) is 2. The van der Waals surface area contributed by atoms with E-state index in [-0.39, 0.29) is 5.82 Å². The Kier molecular flexibility index (Phi) is 2.06. The quantitative estimate of drug-likeness (QED) is 0.338. The molecule has 0 bridgehead atoms. The van der Waals surface area contributed by atoms with Gasteiger partial charge in [-0.15, -0.1) is 5.11 Å². The fourth-order valence-electron chi connectivity index (χ4n) is 1.44. The number of nitrogens with one attached hydrogen (secondary N) is 1. The summed E-state index contributed by atoms with van der Waals surface area (Å²) in [7, 11) is 0. The van der Waals surface area contributed by atoms with Crippen LogP contribution < -0.4 is 5.43 Å². The lowest BCUT2D eigenvalue weighted by atomic mass is 10.3. The number of azo groups is 1. The SMILES string of the molecule is O=[N+]([O-])C1([N+](=O)[O-])CN=NC2=CC(O)NN21. The van der Waals surface area contributed by atoms with Crippen molar-refractivity contribution >= 4 is 0 Å². The van der Waals surface area contributed by atoms with E-state index in [0.717, 1.165) is 6.08 Å². The zero-order valence-electron chi connectivity index (χ0n) is 7.68. The largest absolute Gasteiger partial charge is 0.579 e. The van der Waals surface area contributed by atoms with E-state index in [2.05, 4.69) is 15.7 Å². The highest BCUT2D eigenvalue weighted by Gasteiger charge is 2.66. The van der Waals surface area contributed by atoms with Gasteiger partial charge in [0, 0.05) is 6.08 Å². The van der Waals surface area contributed by atoms with Gasteiger partial charge in [0.1, 0.15) is 16.1 Å². The summed E-state index contributed by atoms with van der Waals surface area (Å²) in [4.78, 5) is 19.5. The van der Waals surface area contributed by atoms with Crippen molar-refractivity contribution in [2.75, 3.05) is 6.54 Å². The fraction of sp³-hybridized carbons (Fsp3) is 0.600. The molecule has 2 heterocycles. The summed E-state index contributed by atoms with van der Waals surface area (Å²) in [6.07, 6.45) is -0.170. The Morgan fingerprint density at radius 1 is 1.56 bits per heavy atom. The molecular formula is C5H6N6O5. The minimum absolute atomic E-state index is 0.146. The van der Waals surface area contributed by atoms with Crippen LogP contribution in [0.4, 0.5) is 0 Å². The molecule has 2 rings (SSSR count). The van der Waals surface area contributed by atoms with Gasteiger partial charge < -0.3 is 5.11 Å². The first-order valence-electron chi connectivity index (χ1n) is 4.11. The van der Waals surface area contributed by atoms with Crippen molar-refractivity contribution in [1.29, 1.82) is 0 Å². The molecule has 1 unspecified atom stereocenters. The van der Waals surface area contributed by atoms with E-state index >= 15 is 0 Å². The van der Waals surface area contributed by atoms with Gasteiger partial charge in [0.15, 0.2) is 5.82 Å². The Bertz CT molecular complexity index is 404. The molecule has 16 heavy (non-hydrogen) atoms. The summed E-state index contributed by atoms with van der Waals surface area (Å²) >= 11 is 0. The van der Waals surface area contributed by atoms with Crippen LogP contribution in [0.1, 0.15) is 0 Å². The lowest BCUT2D eigenvalue weighted by Crippen LogP contribution is -2.66.